The van der Waals surface area contributed by atoms with E-state index >= 15 is 0 Å². The number of rotatable bonds is 9. The molecule has 31 heavy (non-hydrogen) atoms. The average Bonchev–Trinajstić information content (AvgIpc) is 3.46. The van der Waals surface area contributed by atoms with Crippen LogP contribution in [0.3, 0.4) is 0 Å². The fourth-order valence-electron chi connectivity index (χ4n) is 3.72. The van der Waals surface area contributed by atoms with E-state index in [0.717, 1.165) is 28.6 Å². The van der Waals surface area contributed by atoms with Gasteiger partial charge in [-0.05, 0) is 47.9 Å². The molecule has 3 heterocycles. The van der Waals surface area contributed by atoms with Gasteiger partial charge in [0.15, 0.2) is 11.5 Å². The molecule has 1 aromatic carbocycles. The number of amides is 1. The second-order valence-corrected chi connectivity index (χ2v) is 8.00. The highest BCUT2D eigenvalue weighted by Gasteiger charge is 2.23. The van der Waals surface area contributed by atoms with Crippen LogP contribution in [0, 0.1) is 5.92 Å². The van der Waals surface area contributed by atoms with Crippen LogP contribution < -0.4 is 14.8 Å². The van der Waals surface area contributed by atoms with Gasteiger partial charge >= 0.3 is 0 Å². The van der Waals surface area contributed by atoms with Crippen molar-refractivity contribution in [2.24, 2.45) is 5.92 Å². The summed E-state index contributed by atoms with van der Waals surface area (Å²) >= 11 is 0. The summed E-state index contributed by atoms with van der Waals surface area (Å²) in [7, 11) is 0. The van der Waals surface area contributed by atoms with E-state index in [1.165, 1.54) is 0 Å². The van der Waals surface area contributed by atoms with Gasteiger partial charge in [-0.2, -0.15) is 0 Å². The van der Waals surface area contributed by atoms with Gasteiger partial charge in [-0.3, -0.25) is 9.69 Å². The topological polar surface area (TPSA) is 77.1 Å². The van der Waals surface area contributed by atoms with Crippen LogP contribution in [-0.2, 0) is 17.9 Å². The molecular weight excluding hydrogens is 396 g/mol. The van der Waals surface area contributed by atoms with Gasteiger partial charge in [0.2, 0.25) is 5.91 Å². The van der Waals surface area contributed by atoms with Crippen molar-refractivity contribution in [1.82, 2.24) is 10.2 Å². The van der Waals surface area contributed by atoms with Crippen LogP contribution >= 0.6 is 0 Å². The Balaban J connectivity index is 1.45. The molecule has 7 heteroatoms. The Labute approximate surface area is 181 Å². The molecular formula is C24H28N2O5. The molecule has 0 saturated heterocycles. The normalized spacial score (nSPS) is 14.1. The molecule has 4 rings (SSSR count). The van der Waals surface area contributed by atoms with Crippen molar-refractivity contribution in [2.45, 2.75) is 33.0 Å². The molecule has 1 aliphatic rings. The molecule has 0 spiro atoms. The highest BCUT2D eigenvalue weighted by Crippen LogP contribution is 2.34. The van der Waals surface area contributed by atoms with Gasteiger partial charge in [0.05, 0.1) is 38.2 Å². The van der Waals surface area contributed by atoms with E-state index in [-0.39, 0.29) is 24.4 Å². The molecule has 1 unspecified atom stereocenters. The predicted molar refractivity (Wildman–Crippen MR) is 115 cm³/mol. The largest absolute Gasteiger partial charge is 0.486 e. The Hall–Kier alpha value is -3.19. The van der Waals surface area contributed by atoms with Gasteiger partial charge in [-0.1, -0.05) is 19.9 Å². The number of nitrogens with zero attached hydrogens (tertiary/aromatic N) is 1. The Morgan fingerprint density at radius 2 is 1.61 bits per heavy atom. The monoisotopic (exact) mass is 424 g/mol. The quantitative estimate of drug-likeness (QED) is 0.556. The molecule has 164 valence electrons. The van der Waals surface area contributed by atoms with Crippen LogP contribution in [0.15, 0.2) is 63.8 Å². The number of furan rings is 2. The Bertz CT molecular complexity index is 930. The smallest absolute Gasteiger partial charge is 0.234 e. The van der Waals surface area contributed by atoms with Crippen molar-refractivity contribution < 1.29 is 23.1 Å². The second kappa shape index (κ2) is 9.75. The van der Waals surface area contributed by atoms with E-state index in [1.807, 2.05) is 47.4 Å². The third-order valence-electron chi connectivity index (χ3n) is 5.19. The molecule has 1 aliphatic heterocycles. The molecule has 0 bridgehead atoms. The number of benzene rings is 1. The van der Waals surface area contributed by atoms with Crippen molar-refractivity contribution in [3.8, 4) is 11.5 Å². The molecule has 0 aliphatic carbocycles. The van der Waals surface area contributed by atoms with E-state index in [0.29, 0.717) is 26.3 Å². The van der Waals surface area contributed by atoms with E-state index in [4.69, 9.17) is 18.3 Å². The number of hydrogen-bond acceptors (Lipinski definition) is 6. The lowest BCUT2D eigenvalue weighted by atomic mass is 9.95. The lowest BCUT2D eigenvalue weighted by molar-refractivity contribution is -0.123. The molecule has 3 aromatic rings. The zero-order chi connectivity index (χ0) is 21.6. The van der Waals surface area contributed by atoms with Gasteiger partial charge in [0.25, 0.3) is 0 Å². The van der Waals surface area contributed by atoms with Crippen molar-refractivity contribution in [2.75, 3.05) is 19.8 Å². The zero-order valence-corrected chi connectivity index (χ0v) is 17.9. The fraction of sp³-hybridized carbons (Fsp3) is 0.375. The molecule has 0 fully saturated rings. The van der Waals surface area contributed by atoms with Gasteiger partial charge in [0, 0.05) is 0 Å². The minimum atomic E-state index is -0.141. The first-order valence-electron chi connectivity index (χ1n) is 10.5. The summed E-state index contributed by atoms with van der Waals surface area (Å²) < 4.78 is 22.3. The van der Waals surface area contributed by atoms with Gasteiger partial charge in [0.1, 0.15) is 24.7 Å². The highest BCUT2D eigenvalue weighted by molar-refractivity contribution is 5.78. The third-order valence-corrected chi connectivity index (χ3v) is 5.19. The molecule has 2 aromatic heterocycles. The SMILES string of the molecule is CC(C)C(NC(=O)CN(Cc1ccco1)Cc1ccco1)c1ccc2c(c1)OCCO2. The Kier molecular flexibility index (Phi) is 6.62. The van der Waals surface area contributed by atoms with Crippen LogP contribution in [0.5, 0.6) is 11.5 Å². The summed E-state index contributed by atoms with van der Waals surface area (Å²) in [6, 6.07) is 13.2. The van der Waals surface area contributed by atoms with Crippen molar-refractivity contribution in [1.29, 1.82) is 0 Å². The van der Waals surface area contributed by atoms with E-state index in [1.54, 1.807) is 12.5 Å². The number of carbonyl (C=O) groups is 1. The molecule has 1 atom stereocenters. The Morgan fingerprint density at radius 1 is 0.968 bits per heavy atom. The van der Waals surface area contributed by atoms with Gasteiger partial charge in [-0.15, -0.1) is 0 Å². The summed E-state index contributed by atoms with van der Waals surface area (Å²) in [5, 5.41) is 3.19. The maximum atomic E-state index is 13.0. The highest BCUT2D eigenvalue weighted by atomic mass is 16.6. The molecule has 7 nitrogen and oxygen atoms in total. The maximum Gasteiger partial charge on any atom is 0.234 e. The lowest BCUT2D eigenvalue weighted by Crippen LogP contribution is -2.39. The Morgan fingerprint density at radius 3 is 2.19 bits per heavy atom. The van der Waals surface area contributed by atoms with Crippen molar-refractivity contribution >= 4 is 5.91 Å². The minimum Gasteiger partial charge on any atom is -0.486 e. The number of ether oxygens (including phenoxy) is 2. The molecule has 1 N–H and O–H groups in total. The first-order valence-corrected chi connectivity index (χ1v) is 10.5. The standard InChI is InChI=1S/C24H28N2O5/c1-17(2)24(18-7-8-21-22(13-18)31-12-11-30-21)25-23(27)16-26(14-19-5-3-9-28-19)15-20-6-4-10-29-20/h3-10,13,17,24H,11-12,14-16H2,1-2H3,(H,25,27). The van der Waals surface area contributed by atoms with Crippen molar-refractivity contribution in [3.63, 3.8) is 0 Å². The van der Waals surface area contributed by atoms with Crippen LogP contribution in [0.4, 0.5) is 0 Å². The molecule has 0 saturated carbocycles. The van der Waals surface area contributed by atoms with Crippen LogP contribution in [0.25, 0.3) is 0 Å². The summed E-state index contributed by atoms with van der Waals surface area (Å²) in [6.45, 7) is 6.50. The van der Waals surface area contributed by atoms with E-state index in [2.05, 4.69) is 19.2 Å². The van der Waals surface area contributed by atoms with Crippen LogP contribution in [0.2, 0.25) is 0 Å². The fourth-order valence-corrected chi connectivity index (χ4v) is 3.72. The predicted octanol–water partition coefficient (Wildman–Crippen LogP) is 4.16. The molecule has 1 amide bonds. The summed E-state index contributed by atoms with van der Waals surface area (Å²) in [5.74, 6) is 3.20. The summed E-state index contributed by atoms with van der Waals surface area (Å²) in [6.07, 6.45) is 3.27. The number of hydrogen-bond donors (Lipinski definition) is 1. The first kappa shape index (κ1) is 21.1. The van der Waals surface area contributed by atoms with Crippen LogP contribution in [0.1, 0.15) is 37.0 Å². The van der Waals surface area contributed by atoms with Gasteiger partial charge < -0.3 is 23.6 Å². The third kappa shape index (κ3) is 5.49. The molecule has 0 radical (unpaired) electrons. The minimum absolute atomic E-state index is 0.0632. The van der Waals surface area contributed by atoms with E-state index < -0.39 is 0 Å². The first-order chi connectivity index (χ1) is 15.1. The van der Waals surface area contributed by atoms with Crippen molar-refractivity contribution in [3.05, 3.63) is 72.1 Å². The zero-order valence-electron chi connectivity index (χ0n) is 17.9. The lowest BCUT2D eigenvalue weighted by Gasteiger charge is -2.27. The second-order valence-electron chi connectivity index (χ2n) is 8.00. The number of nitrogens with one attached hydrogen (secondary N) is 1. The van der Waals surface area contributed by atoms with Gasteiger partial charge in [-0.25, -0.2) is 0 Å². The maximum absolute atomic E-state index is 13.0. The number of fused-ring (bicyclic) bond motifs is 1. The summed E-state index contributed by atoms with van der Waals surface area (Å²) in [4.78, 5) is 15.0. The average molecular weight is 424 g/mol. The van der Waals surface area contributed by atoms with E-state index in [9.17, 15) is 4.79 Å². The summed E-state index contributed by atoms with van der Waals surface area (Å²) in [5.41, 5.74) is 0.996. The number of carbonyl (C=O) groups excluding carboxylic acids is 1. The van der Waals surface area contributed by atoms with Crippen LogP contribution in [-0.4, -0.2) is 30.6 Å².